The second kappa shape index (κ2) is 7.05. The summed E-state index contributed by atoms with van der Waals surface area (Å²) < 4.78 is 17.9. The first-order chi connectivity index (χ1) is 8.13. The Morgan fingerprint density at radius 2 is 2.06 bits per heavy atom. The molecule has 17 heavy (non-hydrogen) atoms. The van der Waals surface area contributed by atoms with Crippen LogP contribution < -0.4 is 0 Å². The number of esters is 1. The number of methoxy groups -OCH3 is 1. The minimum atomic E-state index is -0.174. The molecule has 0 saturated heterocycles. The van der Waals surface area contributed by atoms with Gasteiger partial charge in [-0.15, -0.1) is 0 Å². The van der Waals surface area contributed by atoms with Crippen molar-refractivity contribution in [2.24, 2.45) is 0 Å². The van der Waals surface area contributed by atoms with Crippen molar-refractivity contribution in [3.05, 3.63) is 35.1 Å². The van der Waals surface area contributed by atoms with Crippen molar-refractivity contribution in [1.29, 1.82) is 0 Å². The van der Waals surface area contributed by atoms with E-state index in [4.69, 9.17) is 0 Å². The van der Waals surface area contributed by atoms with E-state index < -0.39 is 0 Å². The van der Waals surface area contributed by atoms with Gasteiger partial charge in [-0.1, -0.05) is 24.1 Å². The average Bonchev–Trinajstić information content (AvgIpc) is 2.32. The van der Waals surface area contributed by atoms with Crippen molar-refractivity contribution in [2.45, 2.75) is 39.0 Å². The zero-order chi connectivity index (χ0) is 12.7. The minimum Gasteiger partial charge on any atom is -0.469 e. The first-order valence-electron chi connectivity index (χ1n) is 5.95. The van der Waals surface area contributed by atoms with E-state index in [9.17, 15) is 9.18 Å². The van der Waals surface area contributed by atoms with Gasteiger partial charge in [0, 0.05) is 6.42 Å². The molecule has 0 bridgehead atoms. The summed E-state index contributed by atoms with van der Waals surface area (Å²) in [7, 11) is 1.39. The molecule has 0 N–H and O–H groups in total. The highest BCUT2D eigenvalue weighted by Gasteiger charge is 2.03. The van der Waals surface area contributed by atoms with Crippen LogP contribution in [-0.4, -0.2) is 13.1 Å². The van der Waals surface area contributed by atoms with E-state index >= 15 is 0 Å². The van der Waals surface area contributed by atoms with Crippen molar-refractivity contribution in [3.63, 3.8) is 0 Å². The van der Waals surface area contributed by atoms with Gasteiger partial charge in [0.1, 0.15) is 5.82 Å². The smallest absolute Gasteiger partial charge is 0.305 e. The zero-order valence-electron chi connectivity index (χ0n) is 10.5. The quantitative estimate of drug-likeness (QED) is 0.560. The van der Waals surface area contributed by atoms with Crippen LogP contribution in [0.4, 0.5) is 4.39 Å². The summed E-state index contributed by atoms with van der Waals surface area (Å²) in [5.41, 5.74) is 1.85. The van der Waals surface area contributed by atoms with Gasteiger partial charge in [-0.25, -0.2) is 4.39 Å². The number of carbonyl (C=O) groups is 1. The van der Waals surface area contributed by atoms with Gasteiger partial charge in [0.2, 0.25) is 0 Å². The molecule has 0 unspecified atom stereocenters. The van der Waals surface area contributed by atoms with Gasteiger partial charge >= 0.3 is 5.97 Å². The molecule has 0 radical (unpaired) electrons. The maximum atomic E-state index is 13.4. The molecule has 2 nitrogen and oxygen atoms in total. The van der Waals surface area contributed by atoms with E-state index in [-0.39, 0.29) is 11.8 Å². The first-order valence-corrected chi connectivity index (χ1v) is 5.95. The molecule has 0 heterocycles. The van der Waals surface area contributed by atoms with Crippen molar-refractivity contribution >= 4 is 5.97 Å². The van der Waals surface area contributed by atoms with Crippen molar-refractivity contribution < 1.29 is 13.9 Å². The molecule has 1 aromatic carbocycles. The number of benzene rings is 1. The molecular weight excluding hydrogens is 219 g/mol. The second-order valence-electron chi connectivity index (χ2n) is 4.23. The van der Waals surface area contributed by atoms with Crippen LogP contribution >= 0.6 is 0 Å². The summed E-state index contributed by atoms with van der Waals surface area (Å²) in [4.78, 5) is 10.9. The summed E-state index contributed by atoms with van der Waals surface area (Å²) >= 11 is 0. The minimum absolute atomic E-state index is 0.136. The summed E-state index contributed by atoms with van der Waals surface area (Å²) in [6.07, 6.45) is 3.81. The molecular formula is C14H19FO2. The third kappa shape index (κ3) is 4.98. The molecule has 0 spiro atoms. The molecule has 0 aromatic heterocycles. The Balaban J connectivity index is 2.26. The van der Waals surface area contributed by atoms with Crippen molar-refractivity contribution in [3.8, 4) is 0 Å². The normalized spacial score (nSPS) is 10.3. The van der Waals surface area contributed by atoms with Gasteiger partial charge < -0.3 is 4.74 Å². The predicted octanol–water partition coefficient (Wildman–Crippen LogP) is 3.41. The molecule has 0 aliphatic heterocycles. The van der Waals surface area contributed by atoms with Crippen LogP contribution in [0.3, 0.4) is 0 Å². The number of unbranched alkanes of at least 4 members (excludes halogenated alkanes) is 2. The van der Waals surface area contributed by atoms with E-state index in [1.165, 1.54) is 13.2 Å². The third-order valence-electron chi connectivity index (χ3n) is 2.76. The molecule has 0 aliphatic carbocycles. The summed E-state index contributed by atoms with van der Waals surface area (Å²) in [5.74, 6) is -0.310. The molecule has 0 aliphatic rings. The maximum Gasteiger partial charge on any atom is 0.305 e. The lowest BCUT2D eigenvalue weighted by atomic mass is 10.0. The average molecular weight is 238 g/mol. The van der Waals surface area contributed by atoms with Crippen LogP contribution in [0.15, 0.2) is 18.2 Å². The molecule has 94 valence electrons. The molecule has 0 amide bonds. The van der Waals surface area contributed by atoms with Gasteiger partial charge in [-0.05, 0) is 37.8 Å². The Kier molecular flexibility index (Phi) is 5.67. The van der Waals surface area contributed by atoms with E-state index in [2.05, 4.69) is 4.74 Å². The van der Waals surface area contributed by atoms with Gasteiger partial charge in [0.15, 0.2) is 0 Å². The van der Waals surface area contributed by atoms with Gasteiger partial charge in [0.25, 0.3) is 0 Å². The third-order valence-corrected chi connectivity index (χ3v) is 2.76. The van der Waals surface area contributed by atoms with E-state index in [1.807, 2.05) is 13.0 Å². The molecule has 1 aromatic rings. The maximum absolute atomic E-state index is 13.4. The monoisotopic (exact) mass is 238 g/mol. The Hall–Kier alpha value is -1.38. The van der Waals surface area contributed by atoms with Gasteiger partial charge in [-0.2, -0.15) is 0 Å². The summed E-state index contributed by atoms with van der Waals surface area (Å²) in [6.45, 7) is 1.96. The van der Waals surface area contributed by atoms with Crippen LogP contribution in [0, 0.1) is 12.7 Å². The number of hydrogen-bond acceptors (Lipinski definition) is 2. The topological polar surface area (TPSA) is 26.3 Å². The lowest BCUT2D eigenvalue weighted by Gasteiger charge is -2.04. The first kappa shape index (κ1) is 13.7. The summed E-state index contributed by atoms with van der Waals surface area (Å²) in [6, 6.07) is 5.17. The number of rotatable bonds is 6. The highest BCUT2D eigenvalue weighted by atomic mass is 19.1. The van der Waals surface area contributed by atoms with Crippen LogP contribution in [0.25, 0.3) is 0 Å². The van der Waals surface area contributed by atoms with Crippen molar-refractivity contribution in [2.75, 3.05) is 7.11 Å². The second-order valence-corrected chi connectivity index (χ2v) is 4.23. The fourth-order valence-corrected chi connectivity index (χ4v) is 1.76. The largest absolute Gasteiger partial charge is 0.469 e. The Bertz CT molecular complexity index is 374. The van der Waals surface area contributed by atoms with Crippen molar-refractivity contribution in [1.82, 2.24) is 0 Å². The van der Waals surface area contributed by atoms with E-state index in [1.54, 1.807) is 6.07 Å². The van der Waals surface area contributed by atoms with Crippen LogP contribution in [0.5, 0.6) is 0 Å². The molecule has 0 atom stereocenters. The predicted molar refractivity (Wildman–Crippen MR) is 65.3 cm³/mol. The highest BCUT2D eigenvalue weighted by Crippen LogP contribution is 2.14. The Labute approximate surface area is 102 Å². The fraction of sp³-hybridized carbons (Fsp3) is 0.500. The number of hydrogen-bond donors (Lipinski definition) is 0. The number of halogens is 1. The highest BCUT2D eigenvalue weighted by molar-refractivity contribution is 5.68. The lowest BCUT2D eigenvalue weighted by Crippen LogP contribution is -1.99. The van der Waals surface area contributed by atoms with Gasteiger partial charge in [-0.3, -0.25) is 4.79 Å². The lowest BCUT2D eigenvalue weighted by molar-refractivity contribution is -0.140. The summed E-state index contributed by atoms with van der Waals surface area (Å²) in [5, 5.41) is 0. The molecule has 0 saturated carbocycles. The number of aryl methyl sites for hydroxylation is 2. The van der Waals surface area contributed by atoms with Crippen LogP contribution in [-0.2, 0) is 16.0 Å². The zero-order valence-corrected chi connectivity index (χ0v) is 10.5. The SMILES string of the molecule is COC(=O)CCCCCc1cc(C)ccc1F. The fourth-order valence-electron chi connectivity index (χ4n) is 1.76. The standard InChI is InChI=1S/C14H19FO2/c1-11-8-9-13(15)12(10-11)6-4-3-5-7-14(16)17-2/h8-10H,3-7H2,1-2H3. The Morgan fingerprint density at radius 1 is 1.29 bits per heavy atom. The van der Waals surface area contributed by atoms with E-state index in [0.717, 1.165) is 36.8 Å². The molecule has 1 rings (SSSR count). The number of ether oxygens (including phenoxy) is 1. The van der Waals surface area contributed by atoms with Crippen LogP contribution in [0.1, 0.15) is 36.8 Å². The molecule has 3 heteroatoms. The molecule has 0 fully saturated rings. The number of carbonyl (C=O) groups excluding carboxylic acids is 1. The Morgan fingerprint density at radius 3 is 2.76 bits per heavy atom. The van der Waals surface area contributed by atoms with Gasteiger partial charge in [0.05, 0.1) is 7.11 Å². The van der Waals surface area contributed by atoms with E-state index in [0.29, 0.717) is 6.42 Å². The van der Waals surface area contributed by atoms with Crippen LogP contribution in [0.2, 0.25) is 0 Å².